The van der Waals surface area contributed by atoms with Gasteiger partial charge in [-0.05, 0) is 49.2 Å². The van der Waals surface area contributed by atoms with Crippen LogP contribution in [-0.2, 0) is 6.54 Å². The van der Waals surface area contributed by atoms with Gasteiger partial charge in [0.05, 0.1) is 6.04 Å². The van der Waals surface area contributed by atoms with Crippen LogP contribution in [0.1, 0.15) is 30.0 Å². The first-order chi connectivity index (χ1) is 14.8. The summed E-state index contributed by atoms with van der Waals surface area (Å²) in [6, 6.07) is 20.0. The van der Waals surface area contributed by atoms with E-state index in [-0.39, 0.29) is 24.0 Å². The number of anilines is 1. The lowest BCUT2D eigenvalue weighted by atomic mass is 10.1. The Bertz CT molecular complexity index is 853. The van der Waals surface area contributed by atoms with Crippen molar-refractivity contribution in [1.29, 1.82) is 0 Å². The van der Waals surface area contributed by atoms with Gasteiger partial charge in [-0.15, -0.1) is 24.0 Å². The Hall–Kier alpha value is -2.06. The van der Waals surface area contributed by atoms with Gasteiger partial charge in [-0.3, -0.25) is 9.89 Å². The van der Waals surface area contributed by atoms with Gasteiger partial charge in [0.15, 0.2) is 5.96 Å². The fourth-order valence-corrected chi connectivity index (χ4v) is 4.34. The summed E-state index contributed by atoms with van der Waals surface area (Å²) in [6.07, 6.45) is 7.03. The zero-order chi connectivity index (χ0) is 20.6. The van der Waals surface area contributed by atoms with Crippen molar-refractivity contribution < 1.29 is 0 Å². The minimum atomic E-state index is 0. The van der Waals surface area contributed by atoms with Gasteiger partial charge < -0.3 is 15.5 Å². The Balaban J connectivity index is 0.00000272. The van der Waals surface area contributed by atoms with Crippen molar-refractivity contribution >= 4 is 35.6 Å². The molecule has 0 radical (unpaired) electrons. The molecule has 1 atom stereocenters. The highest BCUT2D eigenvalue weighted by Gasteiger charge is 2.23. The van der Waals surface area contributed by atoms with Gasteiger partial charge in [0, 0.05) is 38.9 Å². The Morgan fingerprint density at radius 1 is 0.968 bits per heavy atom. The SMILES string of the molecule is CN=C(NCc1cccc(N2CC=CC2)c1)NCC(c1ccccc1)N1CCCC1.I. The van der Waals surface area contributed by atoms with Crippen LogP contribution in [-0.4, -0.2) is 50.6 Å². The van der Waals surface area contributed by atoms with E-state index in [1.54, 1.807) is 0 Å². The van der Waals surface area contributed by atoms with Crippen LogP contribution in [0.2, 0.25) is 0 Å². The van der Waals surface area contributed by atoms with E-state index in [4.69, 9.17) is 0 Å². The molecule has 4 rings (SSSR count). The predicted molar refractivity (Wildman–Crippen MR) is 141 cm³/mol. The number of likely N-dealkylation sites (tertiary alicyclic amines) is 1. The summed E-state index contributed by atoms with van der Waals surface area (Å²) >= 11 is 0. The fraction of sp³-hybridized carbons (Fsp3) is 0.400. The predicted octanol–water partition coefficient (Wildman–Crippen LogP) is 4.18. The zero-order valence-electron chi connectivity index (χ0n) is 18.3. The number of hydrogen-bond acceptors (Lipinski definition) is 3. The van der Waals surface area contributed by atoms with Gasteiger partial charge in [0.2, 0.25) is 0 Å². The molecule has 2 aliphatic rings. The third kappa shape index (κ3) is 6.46. The zero-order valence-corrected chi connectivity index (χ0v) is 20.7. The highest BCUT2D eigenvalue weighted by Crippen LogP contribution is 2.24. The maximum absolute atomic E-state index is 4.45. The molecule has 0 bridgehead atoms. The van der Waals surface area contributed by atoms with Crippen molar-refractivity contribution in [2.24, 2.45) is 4.99 Å². The second-order valence-corrected chi connectivity index (χ2v) is 8.02. The van der Waals surface area contributed by atoms with Crippen LogP contribution in [0.4, 0.5) is 5.69 Å². The Labute approximate surface area is 203 Å². The average Bonchev–Trinajstić information content (AvgIpc) is 3.52. The Morgan fingerprint density at radius 3 is 2.42 bits per heavy atom. The van der Waals surface area contributed by atoms with Gasteiger partial charge in [0.25, 0.3) is 0 Å². The maximum atomic E-state index is 4.45. The molecule has 31 heavy (non-hydrogen) atoms. The smallest absolute Gasteiger partial charge is 0.191 e. The van der Waals surface area contributed by atoms with Crippen molar-refractivity contribution in [3.8, 4) is 0 Å². The first-order valence-corrected chi connectivity index (χ1v) is 11.1. The molecule has 2 aromatic carbocycles. The number of halogens is 1. The van der Waals surface area contributed by atoms with Crippen LogP contribution >= 0.6 is 24.0 Å². The van der Waals surface area contributed by atoms with Crippen LogP contribution in [0.15, 0.2) is 71.7 Å². The molecule has 0 aliphatic carbocycles. The van der Waals surface area contributed by atoms with Gasteiger partial charge >= 0.3 is 0 Å². The fourth-order valence-electron chi connectivity index (χ4n) is 4.34. The van der Waals surface area contributed by atoms with E-state index in [2.05, 4.69) is 92.2 Å². The molecule has 6 heteroatoms. The maximum Gasteiger partial charge on any atom is 0.191 e. The molecule has 1 saturated heterocycles. The van der Waals surface area contributed by atoms with Crippen LogP contribution in [0, 0.1) is 0 Å². The lowest BCUT2D eigenvalue weighted by Gasteiger charge is -2.29. The average molecular weight is 531 g/mol. The summed E-state index contributed by atoms with van der Waals surface area (Å²) in [6.45, 7) is 5.95. The third-order valence-electron chi connectivity index (χ3n) is 6.01. The summed E-state index contributed by atoms with van der Waals surface area (Å²) in [7, 11) is 1.84. The van der Waals surface area contributed by atoms with E-state index in [0.717, 1.165) is 32.1 Å². The molecule has 166 valence electrons. The second kappa shape index (κ2) is 12.1. The number of guanidine groups is 1. The topological polar surface area (TPSA) is 42.9 Å². The lowest BCUT2D eigenvalue weighted by Crippen LogP contribution is -2.42. The third-order valence-corrected chi connectivity index (χ3v) is 6.01. The number of benzene rings is 2. The van der Waals surface area contributed by atoms with E-state index < -0.39 is 0 Å². The monoisotopic (exact) mass is 531 g/mol. The minimum Gasteiger partial charge on any atom is -0.364 e. The van der Waals surface area contributed by atoms with Gasteiger partial charge in [-0.25, -0.2) is 0 Å². The molecule has 0 amide bonds. The van der Waals surface area contributed by atoms with Crippen molar-refractivity contribution in [2.45, 2.75) is 25.4 Å². The first kappa shape index (κ1) is 23.6. The first-order valence-electron chi connectivity index (χ1n) is 11.1. The summed E-state index contributed by atoms with van der Waals surface area (Å²) < 4.78 is 0. The van der Waals surface area contributed by atoms with Crippen molar-refractivity contribution in [1.82, 2.24) is 15.5 Å². The van der Waals surface area contributed by atoms with Crippen LogP contribution in [0.3, 0.4) is 0 Å². The molecule has 2 N–H and O–H groups in total. The molecule has 2 aliphatic heterocycles. The van der Waals surface area contributed by atoms with Gasteiger partial charge in [0.1, 0.15) is 0 Å². The number of rotatable bonds is 7. The molecule has 2 heterocycles. The molecule has 5 nitrogen and oxygen atoms in total. The summed E-state index contributed by atoms with van der Waals surface area (Å²) in [5, 5.41) is 7.05. The molecule has 0 spiro atoms. The van der Waals surface area contributed by atoms with Crippen molar-refractivity contribution in [3.05, 3.63) is 77.9 Å². The molecule has 2 aromatic rings. The van der Waals surface area contributed by atoms with E-state index >= 15 is 0 Å². The number of nitrogens with one attached hydrogen (secondary N) is 2. The van der Waals surface area contributed by atoms with E-state index in [1.807, 2.05) is 7.05 Å². The largest absolute Gasteiger partial charge is 0.364 e. The van der Waals surface area contributed by atoms with E-state index in [0.29, 0.717) is 6.04 Å². The normalized spacial score (nSPS) is 17.5. The Morgan fingerprint density at radius 2 is 1.71 bits per heavy atom. The molecule has 1 unspecified atom stereocenters. The minimum absolute atomic E-state index is 0. The van der Waals surface area contributed by atoms with Crippen LogP contribution < -0.4 is 15.5 Å². The quantitative estimate of drug-likeness (QED) is 0.244. The number of nitrogens with zero attached hydrogens (tertiary/aromatic N) is 3. The summed E-state index contributed by atoms with van der Waals surface area (Å²) in [4.78, 5) is 9.41. The number of aliphatic imine (C=N–C) groups is 1. The second-order valence-electron chi connectivity index (χ2n) is 8.02. The molecular formula is C25H34IN5. The Kier molecular flexibility index (Phi) is 9.21. The molecular weight excluding hydrogens is 497 g/mol. The summed E-state index contributed by atoms with van der Waals surface area (Å²) in [5.74, 6) is 0.850. The molecule has 1 fully saturated rings. The highest BCUT2D eigenvalue weighted by molar-refractivity contribution is 14.0. The lowest BCUT2D eigenvalue weighted by molar-refractivity contribution is 0.245. The highest BCUT2D eigenvalue weighted by atomic mass is 127. The number of hydrogen-bond donors (Lipinski definition) is 2. The van der Waals surface area contributed by atoms with E-state index in [9.17, 15) is 0 Å². The van der Waals surface area contributed by atoms with Crippen molar-refractivity contribution in [3.63, 3.8) is 0 Å². The standard InChI is InChI=1S/C25H33N5.HI/c1-26-25(27-19-21-10-9-13-23(18-21)29-14-5-6-15-29)28-20-24(30-16-7-8-17-30)22-11-3-2-4-12-22;/h2-6,9-13,18,24H,7-8,14-17,19-20H2,1H3,(H2,26,27,28);1H. The molecule has 0 aromatic heterocycles. The summed E-state index contributed by atoms with van der Waals surface area (Å²) in [5.41, 5.74) is 3.91. The van der Waals surface area contributed by atoms with Crippen molar-refractivity contribution in [2.75, 3.05) is 44.7 Å². The molecule has 0 saturated carbocycles. The van der Waals surface area contributed by atoms with Crippen LogP contribution in [0.25, 0.3) is 0 Å². The van der Waals surface area contributed by atoms with Gasteiger partial charge in [-0.1, -0.05) is 54.6 Å². The van der Waals surface area contributed by atoms with E-state index in [1.165, 1.54) is 42.7 Å². The van der Waals surface area contributed by atoms with Gasteiger partial charge in [-0.2, -0.15) is 0 Å². The van der Waals surface area contributed by atoms with Crippen LogP contribution in [0.5, 0.6) is 0 Å².